The number of carbonyl (C=O) groups is 1. The van der Waals surface area contributed by atoms with E-state index in [9.17, 15) is 9.18 Å². The minimum Gasteiger partial charge on any atom is -0.478 e. The van der Waals surface area contributed by atoms with Crippen molar-refractivity contribution in [3.63, 3.8) is 0 Å². The molecule has 0 radical (unpaired) electrons. The first kappa shape index (κ1) is 13.0. The van der Waals surface area contributed by atoms with Gasteiger partial charge in [0.1, 0.15) is 5.82 Å². The predicted octanol–water partition coefficient (Wildman–Crippen LogP) is 2.76. The van der Waals surface area contributed by atoms with Gasteiger partial charge in [0, 0.05) is 13.1 Å². The molecule has 2 rings (SSSR count). The number of hydrogen-bond acceptors (Lipinski definition) is 2. The first-order chi connectivity index (χ1) is 8.60. The van der Waals surface area contributed by atoms with E-state index in [2.05, 4.69) is 11.8 Å². The number of nitrogens with zero attached hydrogens (tertiary/aromatic N) is 1. The third-order valence-electron chi connectivity index (χ3n) is 3.33. The van der Waals surface area contributed by atoms with Crippen LogP contribution in [0.1, 0.15) is 35.7 Å². The second kappa shape index (κ2) is 5.48. The molecular formula is C14H18FNO2. The largest absolute Gasteiger partial charge is 0.478 e. The van der Waals surface area contributed by atoms with Gasteiger partial charge >= 0.3 is 5.97 Å². The van der Waals surface area contributed by atoms with Crippen molar-refractivity contribution in [2.24, 2.45) is 5.92 Å². The summed E-state index contributed by atoms with van der Waals surface area (Å²) in [5, 5.41) is 8.88. The molecule has 1 aliphatic carbocycles. The number of halogens is 1. The molecule has 4 heteroatoms. The van der Waals surface area contributed by atoms with E-state index in [-0.39, 0.29) is 5.56 Å². The third kappa shape index (κ3) is 3.29. The van der Waals surface area contributed by atoms with Crippen LogP contribution in [0.4, 0.5) is 4.39 Å². The SMILES string of the molecule is CCN(Cc1ccc(F)c(C(=O)O)c1)CC1CC1. The fraction of sp³-hybridized carbons (Fsp3) is 0.500. The summed E-state index contributed by atoms with van der Waals surface area (Å²) in [6.07, 6.45) is 2.58. The zero-order chi connectivity index (χ0) is 13.1. The Morgan fingerprint density at radius 3 is 2.78 bits per heavy atom. The van der Waals surface area contributed by atoms with Gasteiger partial charge in [0.15, 0.2) is 0 Å². The second-order valence-electron chi connectivity index (χ2n) is 4.89. The third-order valence-corrected chi connectivity index (χ3v) is 3.33. The van der Waals surface area contributed by atoms with Gasteiger partial charge in [-0.3, -0.25) is 4.90 Å². The standard InChI is InChI=1S/C14H18FNO2/c1-2-16(8-10-3-4-10)9-11-5-6-13(15)12(7-11)14(17)18/h5-7,10H,2-4,8-9H2,1H3,(H,17,18). The molecule has 1 aromatic carbocycles. The number of aromatic carboxylic acids is 1. The van der Waals surface area contributed by atoms with Crippen molar-refractivity contribution in [3.8, 4) is 0 Å². The summed E-state index contributed by atoms with van der Waals surface area (Å²) in [7, 11) is 0. The lowest BCUT2D eigenvalue weighted by Gasteiger charge is -2.20. The van der Waals surface area contributed by atoms with Crippen molar-refractivity contribution in [2.75, 3.05) is 13.1 Å². The van der Waals surface area contributed by atoms with Gasteiger partial charge in [-0.15, -0.1) is 0 Å². The average molecular weight is 251 g/mol. The molecule has 0 saturated heterocycles. The van der Waals surface area contributed by atoms with Gasteiger partial charge in [0.25, 0.3) is 0 Å². The number of hydrogen-bond donors (Lipinski definition) is 1. The van der Waals surface area contributed by atoms with Crippen molar-refractivity contribution in [3.05, 3.63) is 35.1 Å². The Morgan fingerprint density at radius 2 is 2.22 bits per heavy atom. The molecule has 1 saturated carbocycles. The zero-order valence-corrected chi connectivity index (χ0v) is 10.5. The smallest absolute Gasteiger partial charge is 0.338 e. The molecule has 0 heterocycles. The fourth-order valence-electron chi connectivity index (χ4n) is 2.06. The number of rotatable bonds is 6. The van der Waals surface area contributed by atoms with E-state index >= 15 is 0 Å². The van der Waals surface area contributed by atoms with Crippen LogP contribution in [0.15, 0.2) is 18.2 Å². The van der Waals surface area contributed by atoms with Crippen LogP contribution in [-0.2, 0) is 6.54 Å². The highest BCUT2D eigenvalue weighted by Crippen LogP contribution is 2.30. The van der Waals surface area contributed by atoms with Crippen molar-refractivity contribution in [2.45, 2.75) is 26.3 Å². The van der Waals surface area contributed by atoms with Crippen molar-refractivity contribution in [1.82, 2.24) is 4.90 Å². The van der Waals surface area contributed by atoms with Gasteiger partial charge in [-0.25, -0.2) is 9.18 Å². The topological polar surface area (TPSA) is 40.5 Å². The Balaban J connectivity index is 2.07. The molecule has 18 heavy (non-hydrogen) atoms. The van der Waals surface area contributed by atoms with Crippen molar-refractivity contribution in [1.29, 1.82) is 0 Å². The molecule has 0 aromatic heterocycles. The molecule has 3 nitrogen and oxygen atoms in total. The van der Waals surface area contributed by atoms with Gasteiger partial charge in [-0.05, 0) is 43.0 Å². The maximum absolute atomic E-state index is 13.3. The van der Waals surface area contributed by atoms with Gasteiger partial charge in [-0.2, -0.15) is 0 Å². The van der Waals surface area contributed by atoms with Crippen LogP contribution < -0.4 is 0 Å². The summed E-state index contributed by atoms with van der Waals surface area (Å²) in [6.45, 7) is 4.75. The summed E-state index contributed by atoms with van der Waals surface area (Å²) < 4.78 is 13.3. The Labute approximate surface area is 106 Å². The molecule has 1 fully saturated rings. The quantitative estimate of drug-likeness (QED) is 0.845. The maximum Gasteiger partial charge on any atom is 0.338 e. The summed E-state index contributed by atoms with van der Waals surface area (Å²) in [6, 6.07) is 4.34. The summed E-state index contributed by atoms with van der Waals surface area (Å²) in [5.41, 5.74) is 0.617. The van der Waals surface area contributed by atoms with E-state index in [0.29, 0.717) is 6.54 Å². The minimum atomic E-state index is -1.21. The second-order valence-corrected chi connectivity index (χ2v) is 4.89. The summed E-state index contributed by atoms with van der Waals surface area (Å²) in [5.74, 6) is -1.08. The van der Waals surface area contributed by atoms with Crippen LogP contribution in [0.5, 0.6) is 0 Å². The Kier molecular flexibility index (Phi) is 3.97. The zero-order valence-electron chi connectivity index (χ0n) is 10.5. The van der Waals surface area contributed by atoms with E-state index in [0.717, 1.165) is 24.6 Å². The molecule has 98 valence electrons. The molecule has 1 N–H and O–H groups in total. The molecule has 0 aliphatic heterocycles. The van der Waals surface area contributed by atoms with Crippen LogP contribution in [0.25, 0.3) is 0 Å². The Hall–Kier alpha value is -1.42. The molecule has 0 amide bonds. The highest BCUT2D eigenvalue weighted by atomic mass is 19.1. The minimum absolute atomic E-state index is 0.241. The first-order valence-electron chi connectivity index (χ1n) is 6.34. The van der Waals surface area contributed by atoms with Crippen LogP contribution in [0.2, 0.25) is 0 Å². The van der Waals surface area contributed by atoms with Gasteiger partial charge in [0.05, 0.1) is 5.56 Å². The summed E-state index contributed by atoms with van der Waals surface area (Å²) >= 11 is 0. The van der Waals surface area contributed by atoms with Crippen LogP contribution in [-0.4, -0.2) is 29.1 Å². The average Bonchev–Trinajstić information content (AvgIpc) is 3.14. The normalized spacial score (nSPS) is 15.1. The Bertz CT molecular complexity index is 443. The van der Waals surface area contributed by atoms with E-state index in [1.807, 2.05) is 0 Å². The molecule has 0 spiro atoms. The molecule has 0 bridgehead atoms. The number of carboxylic acid groups (broad SMARTS) is 1. The van der Waals surface area contributed by atoms with Crippen molar-refractivity contribution < 1.29 is 14.3 Å². The molecule has 1 aliphatic rings. The molecule has 0 unspecified atom stereocenters. The number of benzene rings is 1. The Morgan fingerprint density at radius 1 is 1.50 bits per heavy atom. The van der Waals surface area contributed by atoms with Crippen LogP contribution >= 0.6 is 0 Å². The lowest BCUT2D eigenvalue weighted by molar-refractivity contribution is 0.0691. The van der Waals surface area contributed by atoms with E-state index < -0.39 is 11.8 Å². The predicted molar refractivity (Wildman–Crippen MR) is 67.0 cm³/mol. The van der Waals surface area contributed by atoms with E-state index in [1.54, 1.807) is 6.07 Å². The lowest BCUT2D eigenvalue weighted by atomic mass is 10.1. The summed E-state index contributed by atoms with van der Waals surface area (Å²) in [4.78, 5) is 13.1. The van der Waals surface area contributed by atoms with Crippen molar-refractivity contribution >= 4 is 5.97 Å². The molecular weight excluding hydrogens is 233 g/mol. The molecule has 1 aromatic rings. The number of carboxylic acids is 1. The first-order valence-corrected chi connectivity index (χ1v) is 6.34. The highest BCUT2D eigenvalue weighted by molar-refractivity contribution is 5.88. The van der Waals surface area contributed by atoms with Gasteiger partial charge < -0.3 is 5.11 Å². The maximum atomic E-state index is 13.3. The lowest BCUT2D eigenvalue weighted by Crippen LogP contribution is -2.25. The van der Waals surface area contributed by atoms with Crippen LogP contribution in [0, 0.1) is 11.7 Å². The monoisotopic (exact) mass is 251 g/mol. The van der Waals surface area contributed by atoms with E-state index in [4.69, 9.17) is 5.11 Å². The van der Waals surface area contributed by atoms with Gasteiger partial charge in [0.2, 0.25) is 0 Å². The van der Waals surface area contributed by atoms with Crippen LogP contribution in [0.3, 0.4) is 0 Å². The van der Waals surface area contributed by atoms with E-state index in [1.165, 1.54) is 25.0 Å². The fourth-order valence-corrected chi connectivity index (χ4v) is 2.06. The molecule has 0 atom stereocenters. The highest BCUT2D eigenvalue weighted by Gasteiger charge is 2.23. The van der Waals surface area contributed by atoms with Gasteiger partial charge in [-0.1, -0.05) is 13.0 Å².